The van der Waals surface area contributed by atoms with Gasteiger partial charge in [-0.3, -0.25) is 13.9 Å². The van der Waals surface area contributed by atoms with Gasteiger partial charge in [-0.25, -0.2) is 8.42 Å². The van der Waals surface area contributed by atoms with Crippen LogP contribution in [0.15, 0.2) is 83.3 Å². The highest BCUT2D eigenvalue weighted by molar-refractivity contribution is 9.10. The Morgan fingerprint density at radius 3 is 2.17 bits per heavy atom. The summed E-state index contributed by atoms with van der Waals surface area (Å²) in [5.74, 6) is 0.00901. The summed E-state index contributed by atoms with van der Waals surface area (Å²) in [7, 11) is -3.82. The quantitative estimate of drug-likeness (QED) is 0.288. The second-order valence-corrected chi connectivity index (χ2v) is 12.8. The van der Waals surface area contributed by atoms with Crippen LogP contribution in [0.3, 0.4) is 0 Å². The first kappa shape index (κ1) is 31.2. The van der Waals surface area contributed by atoms with E-state index in [0.717, 1.165) is 26.2 Å². The van der Waals surface area contributed by atoms with Crippen molar-refractivity contribution >= 4 is 43.5 Å². The van der Waals surface area contributed by atoms with Crippen LogP contribution < -0.4 is 14.4 Å². The molecule has 0 aliphatic heterocycles. The summed E-state index contributed by atoms with van der Waals surface area (Å²) in [6, 6.07) is 22.8. The Morgan fingerprint density at radius 2 is 1.57 bits per heavy atom. The third-order valence-electron chi connectivity index (χ3n) is 6.15. The lowest BCUT2D eigenvalue weighted by Crippen LogP contribution is -2.51. The largest absolute Gasteiger partial charge is 0.489 e. The van der Waals surface area contributed by atoms with E-state index in [1.165, 1.54) is 4.90 Å². The average Bonchev–Trinajstić information content (AvgIpc) is 2.92. The Hall–Kier alpha value is -3.37. The van der Waals surface area contributed by atoms with Crippen molar-refractivity contribution in [3.05, 3.63) is 94.5 Å². The summed E-state index contributed by atoms with van der Waals surface area (Å²) in [6.07, 6.45) is 1.05. The van der Waals surface area contributed by atoms with Gasteiger partial charge in [0.1, 0.15) is 24.9 Å². The molecule has 0 spiro atoms. The number of halogens is 1. The van der Waals surface area contributed by atoms with Gasteiger partial charge in [0.05, 0.1) is 11.9 Å². The molecule has 8 nitrogen and oxygen atoms in total. The fourth-order valence-corrected chi connectivity index (χ4v) is 5.23. The normalized spacial score (nSPS) is 12.1. The summed E-state index contributed by atoms with van der Waals surface area (Å²) < 4.78 is 33.3. The number of anilines is 1. The molecule has 0 radical (unpaired) electrons. The molecule has 3 rings (SSSR count). The molecule has 214 valence electrons. The molecule has 1 N–H and O–H groups in total. The number of rotatable bonds is 13. The first-order chi connectivity index (χ1) is 18.9. The fourth-order valence-electron chi connectivity index (χ4n) is 3.93. The van der Waals surface area contributed by atoms with E-state index in [4.69, 9.17) is 4.74 Å². The molecular weight excluding hydrogens is 594 g/mol. The molecule has 0 aromatic heterocycles. The predicted octanol–water partition coefficient (Wildman–Crippen LogP) is 4.98. The van der Waals surface area contributed by atoms with Crippen LogP contribution in [0.5, 0.6) is 5.75 Å². The molecule has 10 heteroatoms. The van der Waals surface area contributed by atoms with Gasteiger partial charge in [-0.15, -0.1) is 0 Å². The predicted molar refractivity (Wildman–Crippen MR) is 161 cm³/mol. The standard InChI is InChI=1S/C30H36BrN3O5S/c1-22(2)18-32-30(36)23(3)33(19-25-11-8-12-26(31)17-25)29(35)20-34(40(4,37)38)27-13-15-28(16-14-27)39-21-24-9-6-5-7-10-24/h5-17,22-23H,18-21H2,1-4H3,(H,32,36)/t23-/m1/s1. The molecule has 3 aromatic carbocycles. The van der Waals surface area contributed by atoms with Crippen LogP contribution >= 0.6 is 15.9 Å². The highest BCUT2D eigenvalue weighted by Gasteiger charge is 2.30. The lowest BCUT2D eigenvalue weighted by atomic mass is 10.1. The van der Waals surface area contributed by atoms with Crippen molar-refractivity contribution in [3.63, 3.8) is 0 Å². The zero-order valence-electron chi connectivity index (χ0n) is 23.2. The summed E-state index contributed by atoms with van der Waals surface area (Å²) in [4.78, 5) is 28.0. The van der Waals surface area contributed by atoms with Crippen molar-refractivity contribution in [2.24, 2.45) is 5.92 Å². The molecule has 0 aliphatic rings. The summed E-state index contributed by atoms with van der Waals surface area (Å²) in [5, 5.41) is 2.87. The van der Waals surface area contributed by atoms with Crippen LogP contribution in [0, 0.1) is 5.92 Å². The van der Waals surface area contributed by atoms with Crippen LogP contribution in [-0.2, 0) is 32.8 Å². The molecule has 40 heavy (non-hydrogen) atoms. The Balaban J connectivity index is 1.81. The van der Waals surface area contributed by atoms with E-state index in [2.05, 4.69) is 21.2 Å². The zero-order chi connectivity index (χ0) is 29.3. The van der Waals surface area contributed by atoms with Crippen LogP contribution in [0.25, 0.3) is 0 Å². The van der Waals surface area contributed by atoms with Gasteiger partial charge >= 0.3 is 0 Å². The Bertz CT molecular complexity index is 1380. The van der Waals surface area contributed by atoms with Crippen LogP contribution in [0.2, 0.25) is 0 Å². The number of hydrogen-bond acceptors (Lipinski definition) is 5. The number of carbonyl (C=O) groups excluding carboxylic acids is 2. The minimum Gasteiger partial charge on any atom is -0.489 e. The van der Waals surface area contributed by atoms with E-state index in [1.807, 2.05) is 68.4 Å². The third kappa shape index (κ3) is 9.38. The number of ether oxygens (including phenoxy) is 1. The molecule has 0 saturated heterocycles. The topological polar surface area (TPSA) is 96.0 Å². The van der Waals surface area contributed by atoms with Crippen molar-refractivity contribution in [2.75, 3.05) is 23.7 Å². The van der Waals surface area contributed by atoms with Gasteiger partial charge < -0.3 is 15.0 Å². The van der Waals surface area contributed by atoms with Crippen LogP contribution in [0.4, 0.5) is 5.69 Å². The maximum atomic E-state index is 13.7. The minimum absolute atomic E-state index is 0.137. The van der Waals surface area contributed by atoms with E-state index < -0.39 is 28.5 Å². The van der Waals surface area contributed by atoms with Crippen molar-refractivity contribution in [3.8, 4) is 5.75 Å². The van der Waals surface area contributed by atoms with Gasteiger partial charge in [0.25, 0.3) is 0 Å². The van der Waals surface area contributed by atoms with Gasteiger partial charge in [0.2, 0.25) is 21.8 Å². The first-order valence-electron chi connectivity index (χ1n) is 13.0. The van der Waals surface area contributed by atoms with E-state index in [0.29, 0.717) is 24.6 Å². The van der Waals surface area contributed by atoms with Crippen molar-refractivity contribution in [1.29, 1.82) is 0 Å². The highest BCUT2D eigenvalue weighted by atomic mass is 79.9. The third-order valence-corrected chi connectivity index (χ3v) is 7.78. The van der Waals surface area contributed by atoms with E-state index in [-0.39, 0.29) is 18.4 Å². The molecule has 0 heterocycles. The van der Waals surface area contributed by atoms with E-state index >= 15 is 0 Å². The molecule has 2 amide bonds. The van der Waals surface area contributed by atoms with Crippen molar-refractivity contribution in [1.82, 2.24) is 10.2 Å². The maximum Gasteiger partial charge on any atom is 0.244 e. The number of sulfonamides is 1. The average molecular weight is 631 g/mol. The van der Waals surface area contributed by atoms with Crippen LogP contribution in [0.1, 0.15) is 31.9 Å². The van der Waals surface area contributed by atoms with Crippen LogP contribution in [-0.4, -0.2) is 50.5 Å². The number of hydrogen-bond donors (Lipinski definition) is 1. The molecule has 0 fully saturated rings. The molecular formula is C30H36BrN3O5S. The maximum absolute atomic E-state index is 13.7. The van der Waals surface area contributed by atoms with Gasteiger partial charge in [-0.2, -0.15) is 0 Å². The second kappa shape index (κ2) is 14.3. The zero-order valence-corrected chi connectivity index (χ0v) is 25.6. The van der Waals surface area contributed by atoms with Crippen molar-refractivity contribution in [2.45, 2.75) is 40.0 Å². The Labute approximate surface area is 245 Å². The number of nitrogens with zero attached hydrogens (tertiary/aromatic N) is 2. The summed E-state index contributed by atoms with van der Waals surface area (Å²) in [6.45, 7) is 6.13. The SMILES string of the molecule is CC(C)CNC(=O)[C@@H](C)N(Cc1cccc(Br)c1)C(=O)CN(c1ccc(OCc2ccccc2)cc1)S(C)(=O)=O. The number of nitrogens with one attached hydrogen (secondary N) is 1. The molecule has 0 bridgehead atoms. The highest BCUT2D eigenvalue weighted by Crippen LogP contribution is 2.23. The lowest BCUT2D eigenvalue weighted by molar-refractivity contribution is -0.139. The molecule has 3 aromatic rings. The number of carbonyl (C=O) groups is 2. The molecule has 1 atom stereocenters. The number of amides is 2. The lowest BCUT2D eigenvalue weighted by Gasteiger charge is -2.31. The molecule has 0 saturated carbocycles. The van der Waals surface area contributed by atoms with Gasteiger partial charge in [-0.05, 0) is 60.4 Å². The monoisotopic (exact) mass is 629 g/mol. The minimum atomic E-state index is -3.82. The molecule has 0 aliphatic carbocycles. The van der Waals surface area contributed by atoms with Gasteiger partial charge in [0, 0.05) is 17.6 Å². The van der Waals surface area contributed by atoms with Gasteiger partial charge in [0.15, 0.2) is 0 Å². The Kier molecular flexibility index (Phi) is 11.2. The smallest absolute Gasteiger partial charge is 0.244 e. The number of benzene rings is 3. The van der Waals surface area contributed by atoms with E-state index in [9.17, 15) is 18.0 Å². The molecule has 0 unspecified atom stereocenters. The summed E-state index contributed by atoms with van der Waals surface area (Å²) in [5.41, 5.74) is 2.13. The summed E-state index contributed by atoms with van der Waals surface area (Å²) >= 11 is 3.44. The van der Waals surface area contributed by atoms with Gasteiger partial charge in [-0.1, -0.05) is 72.2 Å². The second-order valence-electron chi connectivity index (χ2n) is 10.0. The first-order valence-corrected chi connectivity index (χ1v) is 15.6. The van der Waals surface area contributed by atoms with E-state index in [1.54, 1.807) is 31.2 Å². The fraction of sp³-hybridized carbons (Fsp3) is 0.333. The van der Waals surface area contributed by atoms with Crippen molar-refractivity contribution < 1.29 is 22.7 Å². The Morgan fingerprint density at radius 1 is 0.925 bits per heavy atom.